The van der Waals surface area contributed by atoms with Crippen molar-refractivity contribution in [2.45, 2.75) is 33.0 Å². The molecular formula is C23H28N2O4. The third-order valence-electron chi connectivity index (χ3n) is 5.16. The molecule has 0 bridgehead atoms. The van der Waals surface area contributed by atoms with Crippen molar-refractivity contribution in [2.24, 2.45) is 11.7 Å². The van der Waals surface area contributed by atoms with Crippen molar-refractivity contribution >= 4 is 11.8 Å². The smallest absolute Gasteiger partial charge is 0.253 e. The van der Waals surface area contributed by atoms with Gasteiger partial charge in [-0.1, -0.05) is 30.3 Å². The minimum absolute atomic E-state index is 0.0414. The molecule has 6 heteroatoms. The summed E-state index contributed by atoms with van der Waals surface area (Å²) in [4.78, 5) is 26.0. The quantitative estimate of drug-likeness (QED) is 0.743. The monoisotopic (exact) mass is 396 g/mol. The van der Waals surface area contributed by atoms with Crippen molar-refractivity contribution in [1.29, 1.82) is 0 Å². The maximum absolute atomic E-state index is 12.9. The number of hydrogen-bond donors (Lipinski definition) is 1. The van der Waals surface area contributed by atoms with Crippen molar-refractivity contribution in [3.05, 3.63) is 65.2 Å². The molecule has 1 aliphatic heterocycles. The van der Waals surface area contributed by atoms with Gasteiger partial charge in [-0.15, -0.1) is 0 Å². The van der Waals surface area contributed by atoms with E-state index in [1.807, 2.05) is 49.4 Å². The summed E-state index contributed by atoms with van der Waals surface area (Å²) in [6.45, 7) is 4.40. The second kappa shape index (κ2) is 10.1. The van der Waals surface area contributed by atoms with E-state index < -0.39 is 0 Å². The van der Waals surface area contributed by atoms with Crippen LogP contribution in [0.4, 0.5) is 0 Å². The van der Waals surface area contributed by atoms with E-state index in [1.54, 1.807) is 11.0 Å². The molecule has 0 aromatic heterocycles. The molecule has 0 unspecified atom stereocenters. The van der Waals surface area contributed by atoms with Crippen molar-refractivity contribution < 1.29 is 19.1 Å². The lowest BCUT2D eigenvalue weighted by molar-refractivity contribution is -0.123. The number of piperidine rings is 1. The molecule has 6 nitrogen and oxygen atoms in total. The fraction of sp³-hybridized carbons (Fsp3) is 0.391. The van der Waals surface area contributed by atoms with Gasteiger partial charge in [0, 0.05) is 30.1 Å². The molecule has 0 saturated carbocycles. The average Bonchev–Trinajstić information content (AvgIpc) is 2.75. The molecule has 0 spiro atoms. The van der Waals surface area contributed by atoms with E-state index in [1.165, 1.54) is 0 Å². The number of ether oxygens (including phenoxy) is 2. The summed E-state index contributed by atoms with van der Waals surface area (Å²) in [5.74, 6) is 0.266. The van der Waals surface area contributed by atoms with Gasteiger partial charge < -0.3 is 20.1 Å². The Kier molecular flexibility index (Phi) is 7.25. The number of amides is 2. The minimum Gasteiger partial charge on any atom is -0.494 e. The third kappa shape index (κ3) is 5.57. The molecule has 1 aliphatic rings. The van der Waals surface area contributed by atoms with E-state index in [0.29, 0.717) is 51.3 Å². The highest BCUT2D eigenvalue weighted by Crippen LogP contribution is 2.24. The first-order valence-electron chi connectivity index (χ1n) is 10.0. The Balaban J connectivity index is 1.67. The summed E-state index contributed by atoms with van der Waals surface area (Å²) < 4.78 is 11.6. The van der Waals surface area contributed by atoms with Crippen molar-refractivity contribution in [1.82, 2.24) is 4.90 Å². The Bertz CT molecular complexity index is 830. The molecule has 0 radical (unpaired) electrons. The molecule has 154 valence electrons. The standard InChI is InChI=1S/C23H28N2O4/c1-2-29-21-9-8-19(23(27)25-12-10-18(11-13-25)22(24)26)14-20(21)16-28-15-17-6-4-3-5-7-17/h3-9,14,18H,2,10-13,15-16H2,1H3,(H2,24,26). The van der Waals surface area contributed by atoms with Gasteiger partial charge in [-0.05, 0) is 43.5 Å². The van der Waals surface area contributed by atoms with Gasteiger partial charge in [-0.3, -0.25) is 9.59 Å². The normalized spacial score (nSPS) is 14.6. The fourth-order valence-corrected chi connectivity index (χ4v) is 3.52. The predicted molar refractivity (Wildman–Crippen MR) is 110 cm³/mol. The molecule has 29 heavy (non-hydrogen) atoms. The van der Waals surface area contributed by atoms with Crippen LogP contribution in [-0.4, -0.2) is 36.4 Å². The van der Waals surface area contributed by atoms with Crippen LogP contribution in [0.5, 0.6) is 5.75 Å². The molecular weight excluding hydrogens is 368 g/mol. The van der Waals surface area contributed by atoms with Crippen LogP contribution in [0.25, 0.3) is 0 Å². The number of carbonyl (C=O) groups is 2. The highest BCUT2D eigenvalue weighted by atomic mass is 16.5. The number of rotatable bonds is 8. The van der Waals surface area contributed by atoms with Gasteiger partial charge in [0.2, 0.25) is 5.91 Å². The number of benzene rings is 2. The van der Waals surface area contributed by atoms with Gasteiger partial charge in [0.1, 0.15) is 5.75 Å². The van der Waals surface area contributed by atoms with Crippen LogP contribution < -0.4 is 10.5 Å². The lowest BCUT2D eigenvalue weighted by Gasteiger charge is -2.30. The van der Waals surface area contributed by atoms with Gasteiger partial charge >= 0.3 is 0 Å². The summed E-state index contributed by atoms with van der Waals surface area (Å²) >= 11 is 0. The summed E-state index contributed by atoms with van der Waals surface area (Å²) in [6, 6.07) is 15.4. The van der Waals surface area contributed by atoms with E-state index >= 15 is 0 Å². The highest BCUT2D eigenvalue weighted by molar-refractivity contribution is 5.94. The second-order valence-corrected chi connectivity index (χ2v) is 7.20. The lowest BCUT2D eigenvalue weighted by Crippen LogP contribution is -2.41. The van der Waals surface area contributed by atoms with Crippen LogP contribution in [0, 0.1) is 5.92 Å². The summed E-state index contributed by atoms with van der Waals surface area (Å²) in [5.41, 5.74) is 7.92. The van der Waals surface area contributed by atoms with Gasteiger partial charge in [-0.2, -0.15) is 0 Å². The average molecular weight is 396 g/mol. The maximum atomic E-state index is 12.9. The maximum Gasteiger partial charge on any atom is 0.253 e. The van der Waals surface area contributed by atoms with E-state index in [-0.39, 0.29) is 17.7 Å². The number of nitrogens with zero attached hydrogens (tertiary/aromatic N) is 1. The van der Waals surface area contributed by atoms with Crippen molar-refractivity contribution in [2.75, 3.05) is 19.7 Å². The summed E-state index contributed by atoms with van der Waals surface area (Å²) in [6.07, 6.45) is 1.23. The van der Waals surface area contributed by atoms with Crippen LogP contribution in [0.1, 0.15) is 41.3 Å². The molecule has 1 heterocycles. The predicted octanol–water partition coefficient (Wildman–Crippen LogP) is 3.14. The van der Waals surface area contributed by atoms with E-state index in [9.17, 15) is 9.59 Å². The Morgan fingerprint density at radius 3 is 2.45 bits per heavy atom. The van der Waals surface area contributed by atoms with E-state index in [0.717, 1.165) is 16.9 Å². The van der Waals surface area contributed by atoms with Crippen LogP contribution in [0.3, 0.4) is 0 Å². The number of carbonyl (C=O) groups excluding carboxylic acids is 2. The first-order valence-corrected chi connectivity index (χ1v) is 10.0. The van der Waals surface area contributed by atoms with Gasteiger partial charge in [0.05, 0.1) is 19.8 Å². The van der Waals surface area contributed by atoms with E-state index in [2.05, 4.69) is 0 Å². The molecule has 2 amide bonds. The molecule has 0 atom stereocenters. The van der Waals surface area contributed by atoms with E-state index in [4.69, 9.17) is 15.2 Å². The zero-order chi connectivity index (χ0) is 20.6. The zero-order valence-electron chi connectivity index (χ0n) is 16.8. The zero-order valence-corrected chi connectivity index (χ0v) is 16.8. The van der Waals surface area contributed by atoms with Gasteiger partial charge in [0.15, 0.2) is 0 Å². The Morgan fingerprint density at radius 1 is 1.07 bits per heavy atom. The Morgan fingerprint density at radius 2 is 1.79 bits per heavy atom. The molecule has 3 rings (SSSR count). The van der Waals surface area contributed by atoms with Crippen LogP contribution >= 0.6 is 0 Å². The first-order chi connectivity index (χ1) is 14.1. The molecule has 1 fully saturated rings. The topological polar surface area (TPSA) is 81.9 Å². The number of primary amides is 1. The Hall–Kier alpha value is -2.86. The van der Waals surface area contributed by atoms with Crippen LogP contribution in [0.15, 0.2) is 48.5 Å². The molecule has 1 saturated heterocycles. The van der Waals surface area contributed by atoms with Crippen LogP contribution in [-0.2, 0) is 22.7 Å². The largest absolute Gasteiger partial charge is 0.494 e. The fourth-order valence-electron chi connectivity index (χ4n) is 3.52. The molecule has 2 N–H and O–H groups in total. The van der Waals surface area contributed by atoms with Crippen molar-refractivity contribution in [3.63, 3.8) is 0 Å². The molecule has 2 aromatic rings. The minimum atomic E-state index is -0.281. The SMILES string of the molecule is CCOc1ccc(C(=O)N2CCC(C(N)=O)CC2)cc1COCc1ccccc1. The van der Waals surface area contributed by atoms with Crippen molar-refractivity contribution in [3.8, 4) is 5.75 Å². The van der Waals surface area contributed by atoms with Gasteiger partial charge in [-0.25, -0.2) is 0 Å². The van der Waals surface area contributed by atoms with Gasteiger partial charge in [0.25, 0.3) is 5.91 Å². The lowest BCUT2D eigenvalue weighted by atomic mass is 9.95. The molecule has 2 aromatic carbocycles. The Labute approximate surface area is 171 Å². The second-order valence-electron chi connectivity index (χ2n) is 7.20. The first kappa shape index (κ1) is 20.9. The number of nitrogens with two attached hydrogens (primary N) is 1. The van der Waals surface area contributed by atoms with Crippen LogP contribution in [0.2, 0.25) is 0 Å². The highest BCUT2D eigenvalue weighted by Gasteiger charge is 2.26. The summed E-state index contributed by atoms with van der Waals surface area (Å²) in [5, 5.41) is 0. The summed E-state index contributed by atoms with van der Waals surface area (Å²) in [7, 11) is 0. The number of likely N-dealkylation sites (tertiary alicyclic amines) is 1. The molecule has 0 aliphatic carbocycles. The third-order valence-corrected chi connectivity index (χ3v) is 5.16. The number of hydrogen-bond acceptors (Lipinski definition) is 4.